The molecule has 46 heavy (non-hydrogen) atoms. The van der Waals surface area contributed by atoms with Crippen molar-refractivity contribution in [3.05, 3.63) is 56.0 Å². The first kappa shape index (κ1) is 38.3. The summed E-state index contributed by atoms with van der Waals surface area (Å²) in [6.07, 6.45) is 1.03. The van der Waals surface area contributed by atoms with E-state index in [0.29, 0.717) is 30.0 Å². The third-order valence-electron chi connectivity index (χ3n) is 7.63. The average molecular weight is 661 g/mol. The van der Waals surface area contributed by atoms with Crippen LogP contribution in [0.5, 0.6) is 0 Å². The number of benzene rings is 1. The first-order chi connectivity index (χ1) is 21.4. The lowest BCUT2D eigenvalue weighted by Gasteiger charge is -2.36. The number of ether oxygens (including phenoxy) is 1. The number of esters is 1. The van der Waals surface area contributed by atoms with Gasteiger partial charge in [-0.1, -0.05) is 46.8 Å². The maximum absolute atomic E-state index is 13.5. The summed E-state index contributed by atoms with van der Waals surface area (Å²) in [5.74, 6) is -1.78. The van der Waals surface area contributed by atoms with Crippen molar-refractivity contribution < 1.29 is 33.9 Å². The standard InChI is InChI=1S/C33H48N4O8S/c1-9-14-36(29(39)15-20(2)3)27(21(4)5)17-28(45-22(6)38)31-35-26(19-46-31)30(40)34-24(18-33(7,8)32(41)42)16-23-10-12-25(13-11-23)37(43)44/h10-13,19-21,24,27-28H,9,14-18H2,1-8H3,(H,34,40)(H,41,42). The average Bonchev–Trinajstić information content (AvgIpc) is 3.44. The number of carbonyl (C=O) groups excluding carboxylic acids is 3. The maximum atomic E-state index is 13.5. The minimum absolute atomic E-state index is 0.0414. The Morgan fingerprint density at radius 1 is 1.13 bits per heavy atom. The van der Waals surface area contributed by atoms with Gasteiger partial charge in [0.05, 0.1) is 10.3 Å². The number of carboxylic acids is 1. The number of nitro benzene ring substituents is 1. The van der Waals surface area contributed by atoms with Gasteiger partial charge in [0, 0.05) is 55.9 Å². The number of nitrogens with zero attached hydrogens (tertiary/aromatic N) is 3. The Morgan fingerprint density at radius 3 is 2.26 bits per heavy atom. The predicted octanol–water partition coefficient (Wildman–Crippen LogP) is 6.20. The normalized spacial score (nSPS) is 13.6. The van der Waals surface area contributed by atoms with Crippen LogP contribution in [0.15, 0.2) is 29.6 Å². The molecule has 2 N–H and O–H groups in total. The number of aliphatic carboxylic acids is 1. The summed E-state index contributed by atoms with van der Waals surface area (Å²) in [6, 6.07) is 5.01. The number of carboxylic acid groups (broad SMARTS) is 1. The van der Waals surface area contributed by atoms with E-state index < -0.39 is 40.3 Å². The minimum atomic E-state index is -1.17. The first-order valence-electron chi connectivity index (χ1n) is 15.6. The van der Waals surface area contributed by atoms with Gasteiger partial charge in [0.15, 0.2) is 6.10 Å². The van der Waals surface area contributed by atoms with Crippen LogP contribution in [0.4, 0.5) is 5.69 Å². The van der Waals surface area contributed by atoms with Gasteiger partial charge in [0.25, 0.3) is 11.6 Å². The Labute approximate surface area is 275 Å². The molecule has 1 aromatic heterocycles. The minimum Gasteiger partial charge on any atom is -0.481 e. The molecule has 2 rings (SSSR count). The number of rotatable bonds is 18. The largest absolute Gasteiger partial charge is 0.481 e. The quantitative estimate of drug-likeness (QED) is 0.107. The Bertz CT molecular complexity index is 1360. The van der Waals surface area contributed by atoms with E-state index in [-0.39, 0.29) is 48.0 Å². The highest BCUT2D eigenvalue weighted by molar-refractivity contribution is 7.09. The molecular weight excluding hydrogens is 612 g/mol. The van der Waals surface area contributed by atoms with Gasteiger partial charge in [-0.2, -0.15) is 0 Å². The van der Waals surface area contributed by atoms with Crippen LogP contribution >= 0.6 is 11.3 Å². The third kappa shape index (κ3) is 11.5. The number of hydrogen-bond acceptors (Lipinski definition) is 9. The van der Waals surface area contributed by atoms with Crippen molar-refractivity contribution in [3.63, 3.8) is 0 Å². The molecule has 12 nitrogen and oxygen atoms in total. The summed E-state index contributed by atoms with van der Waals surface area (Å²) in [5.41, 5.74) is -0.472. The van der Waals surface area contributed by atoms with Crippen molar-refractivity contribution in [2.45, 2.75) is 106 Å². The molecule has 0 fully saturated rings. The zero-order valence-electron chi connectivity index (χ0n) is 28.1. The van der Waals surface area contributed by atoms with Gasteiger partial charge in [-0.15, -0.1) is 11.3 Å². The topological polar surface area (TPSA) is 169 Å². The van der Waals surface area contributed by atoms with Crippen molar-refractivity contribution >= 4 is 40.8 Å². The van der Waals surface area contributed by atoms with Gasteiger partial charge >= 0.3 is 11.9 Å². The van der Waals surface area contributed by atoms with E-state index in [2.05, 4.69) is 10.3 Å². The summed E-state index contributed by atoms with van der Waals surface area (Å²) in [6.45, 7) is 15.0. The van der Waals surface area contributed by atoms with Crippen LogP contribution in [0.1, 0.15) is 108 Å². The predicted molar refractivity (Wildman–Crippen MR) is 175 cm³/mol. The molecule has 1 aromatic carbocycles. The SMILES string of the molecule is CCCN(C(=O)CC(C)C)C(CC(OC(C)=O)c1nc(C(=O)NC(Cc2ccc([N+](=O)[O-])cc2)CC(C)(C)C(=O)O)cs1)C(C)C. The number of nitrogens with one attached hydrogen (secondary N) is 1. The van der Waals surface area contributed by atoms with E-state index >= 15 is 0 Å². The molecule has 0 saturated carbocycles. The number of carbonyl (C=O) groups is 4. The van der Waals surface area contributed by atoms with Crippen LogP contribution in [0.25, 0.3) is 0 Å². The van der Waals surface area contributed by atoms with Gasteiger partial charge in [-0.05, 0) is 50.5 Å². The second-order valence-electron chi connectivity index (χ2n) is 13.1. The Hall–Kier alpha value is -3.87. The van der Waals surface area contributed by atoms with Crippen molar-refractivity contribution in [1.29, 1.82) is 0 Å². The summed E-state index contributed by atoms with van der Waals surface area (Å²) in [7, 11) is 0. The number of hydrogen-bond donors (Lipinski definition) is 2. The lowest BCUT2D eigenvalue weighted by Crippen LogP contribution is -2.45. The fourth-order valence-corrected chi connectivity index (χ4v) is 6.12. The summed E-state index contributed by atoms with van der Waals surface area (Å²) >= 11 is 1.17. The van der Waals surface area contributed by atoms with Crippen LogP contribution in [0, 0.1) is 27.4 Å². The van der Waals surface area contributed by atoms with Crippen LogP contribution in [-0.2, 0) is 25.5 Å². The lowest BCUT2D eigenvalue weighted by molar-refractivity contribution is -0.384. The van der Waals surface area contributed by atoms with Crippen molar-refractivity contribution in [1.82, 2.24) is 15.2 Å². The smallest absolute Gasteiger partial charge is 0.309 e. The zero-order valence-corrected chi connectivity index (χ0v) is 28.9. The molecule has 0 bridgehead atoms. The number of non-ortho nitro benzene ring substituents is 1. The summed E-state index contributed by atoms with van der Waals surface area (Å²) in [5, 5.41) is 25.7. The molecule has 13 heteroatoms. The van der Waals surface area contributed by atoms with E-state index in [1.54, 1.807) is 31.4 Å². The van der Waals surface area contributed by atoms with Gasteiger partial charge in [0.2, 0.25) is 5.91 Å². The third-order valence-corrected chi connectivity index (χ3v) is 8.57. The molecule has 2 amide bonds. The fourth-order valence-electron chi connectivity index (χ4n) is 5.28. The van der Waals surface area contributed by atoms with E-state index in [1.807, 2.05) is 39.5 Å². The highest BCUT2D eigenvalue weighted by Crippen LogP contribution is 2.32. The van der Waals surface area contributed by atoms with Crippen molar-refractivity contribution in [3.8, 4) is 0 Å². The number of thiazole rings is 1. The van der Waals surface area contributed by atoms with Gasteiger partial charge in [-0.3, -0.25) is 29.3 Å². The molecule has 254 valence electrons. The highest BCUT2D eigenvalue weighted by Gasteiger charge is 2.34. The van der Waals surface area contributed by atoms with E-state index in [0.717, 1.165) is 6.42 Å². The van der Waals surface area contributed by atoms with Crippen LogP contribution in [0.3, 0.4) is 0 Å². The second-order valence-corrected chi connectivity index (χ2v) is 14.0. The molecule has 0 spiro atoms. The number of nitro groups is 1. The van der Waals surface area contributed by atoms with Crippen molar-refractivity contribution in [2.24, 2.45) is 17.3 Å². The van der Waals surface area contributed by atoms with Crippen LogP contribution < -0.4 is 5.32 Å². The van der Waals surface area contributed by atoms with Crippen molar-refractivity contribution in [2.75, 3.05) is 6.54 Å². The fraction of sp³-hybridized carbons (Fsp3) is 0.606. The number of aromatic nitrogens is 1. The summed E-state index contributed by atoms with van der Waals surface area (Å²) in [4.78, 5) is 67.7. The second kappa shape index (κ2) is 17.2. The number of amides is 2. The Morgan fingerprint density at radius 2 is 1.76 bits per heavy atom. The van der Waals surface area contributed by atoms with Crippen LogP contribution in [0.2, 0.25) is 0 Å². The molecule has 0 aliphatic rings. The highest BCUT2D eigenvalue weighted by atomic mass is 32.1. The molecule has 3 atom stereocenters. The van der Waals surface area contributed by atoms with Gasteiger partial charge < -0.3 is 20.1 Å². The Kier molecular flexibility index (Phi) is 14.3. The molecule has 2 aromatic rings. The molecule has 1 heterocycles. The molecule has 0 radical (unpaired) electrons. The van der Waals surface area contributed by atoms with E-state index in [4.69, 9.17) is 4.74 Å². The van der Waals surface area contributed by atoms with E-state index in [9.17, 15) is 34.4 Å². The molecule has 3 unspecified atom stereocenters. The summed E-state index contributed by atoms with van der Waals surface area (Å²) < 4.78 is 5.70. The molecule has 0 saturated heterocycles. The van der Waals surface area contributed by atoms with Crippen LogP contribution in [-0.4, -0.2) is 62.3 Å². The molecule has 0 aliphatic carbocycles. The monoisotopic (exact) mass is 660 g/mol. The van der Waals surface area contributed by atoms with E-state index in [1.165, 1.54) is 30.4 Å². The molecule has 0 aliphatic heterocycles. The zero-order chi connectivity index (χ0) is 34.8. The maximum Gasteiger partial charge on any atom is 0.309 e. The first-order valence-corrected chi connectivity index (χ1v) is 16.5. The lowest BCUT2D eigenvalue weighted by atomic mass is 9.84. The molecular formula is C33H48N4O8S. The van der Waals surface area contributed by atoms with Gasteiger partial charge in [0.1, 0.15) is 10.7 Å². The van der Waals surface area contributed by atoms with Gasteiger partial charge in [-0.25, -0.2) is 4.98 Å². The Balaban J connectivity index is 2.35.